The summed E-state index contributed by atoms with van der Waals surface area (Å²) in [7, 11) is -3.59. The van der Waals surface area contributed by atoms with Crippen LogP contribution in [0.5, 0.6) is 0 Å². The maximum atomic E-state index is 13.0. The average Bonchev–Trinajstić information content (AvgIpc) is 2.44. The van der Waals surface area contributed by atoms with E-state index in [9.17, 15) is 9.69 Å². The van der Waals surface area contributed by atoms with Crippen LogP contribution in [-0.4, -0.2) is 25.8 Å². The van der Waals surface area contributed by atoms with Gasteiger partial charge in [-0.25, -0.2) is 13.8 Å². The Morgan fingerprint density at radius 3 is 2.43 bits per heavy atom. The van der Waals surface area contributed by atoms with Crippen LogP contribution < -0.4 is 4.89 Å². The first-order valence-electron chi connectivity index (χ1n) is 6.98. The van der Waals surface area contributed by atoms with E-state index in [1.165, 1.54) is 0 Å². The third-order valence-electron chi connectivity index (χ3n) is 3.21. The lowest BCUT2D eigenvalue weighted by molar-refractivity contribution is -0.237. The summed E-state index contributed by atoms with van der Waals surface area (Å²) in [6.07, 6.45) is 0. The molecule has 0 N–H and O–H groups in total. The van der Waals surface area contributed by atoms with Crippen LogP contribution in [0.2, 0.25) is 0 Å². The van der Waals surface area contributed by atoms with Gasteiger partial charge >= 0.3 is 5.97 Å². The first-order chi connectivity index (χ1) is 9.88. The molecule has 0 bridgehead atoms. The van der Waals surface area contributed by atoms with Gasteiger partial charge in [0.15, 0.2) is 0 Å². The highest BCUT2D eigenvalue weighted by Gasteiger charge is 2.52. The Morgan fingerprint density at radius 2 is 1.90 bits per heavy atom. The minimum Gasteiger partial charge on any atom is -0.630 e. The summed E-state index contributed by atoms with van der Waals surface area (Å²) in [6.45, 7) is 6.41. The number of esters is 1. The molecule has 1 heterocycles. The first kappa shape index (κ1) is 16.4. The smallest absolute Gasteiger partial charge is 0.357 e. The monoisotopic (exact) mass is 312 g/mol. The normalized spacial score (nSPS) is 21.5. The summed E-state index contributed by atoms with van der Waals surface area (Å²) in [4.78, 5) is 25.2. The highest BCUT2D eigenvalue weighted by molar-refractivity contribution is 7.60. The molecule has 1 aliphatic rings. The largest absolute Gasteiger partial charge is 0.630 e. The summed E-state index contributed by atoms with van der Waals surface area (Å²) in [5.74, 6) is -0.577. The zero-order valence-electron chi connectivity index (χ0n) is 12.6. The van der Waals surface area contributed by atoms with Gasteiger partial charge in [-0.2, -0.15) is 0 Å². The molecule has 1 aliphatic heterocycles. The van der Waals surface area contributed by atoms with E-state index in [4.69, 9.17) is 13.8 Å². The summed E-state index contributed by atoms with van der Waals surface area (Å²) in [5.41, 5.74) is -0.669. The molecule has 0 radical (unpaired) electrons. The van der Waals surface area contributed by atoms with Gasteiger partial charge in [-0.15, -0.1) is 0 Å². The molecule has 1 saturated heterocycles. The summed E-state index contributed by atoms with van der Waals surface area (Å²) in [6, 6.07) is 8.85. The third kappa shape index (κ3) is 3.80. The Labute approximate surface area is 125 Å². The average molecular weight is 312 g/mol. The Balaban J connectivity index is 2.29. The molecule has 2 rings (SSSR count). The van der Waals surface area contributed by atoms with Crippen LogP contribution in [0.3, 0.4) is 0 Å². The van der Waals surface area contributed by atoms with Crippen LogP contribution in [0.15, 0.2) is 30.3 Å². The van der Waals surface area contributed by atoms with E-state index in [1.807, 2.05) is 19.9 Å². The minimum absolute atomic E-state index is 0.216. The Hall–Kier alpha value is -1.00. The van der Waals surface area contributed by atoms with E-state index in [2.05, 4.69) is 0 Å². The Bertz CT molecular complexity index is 478. The molecule has 5 nitrogen and oxygen atoms in total. The van der Waals surface area contributed by atoms with Crippen molar-refractivity contribution >= 4 is 13.9 Å². The molecule has 0 spiro atoms. The molecule has 1 aromatic carbocycles. The SMILES string of the molecule is CCOC(=O)C(c1ccccc1)[P+]1([O-])OCC(C)(C)CO1. The molecule has 1 fully saturated rings. The van der Waals surface area contributed by atoms with Gasteiger partial charge < -0.3 is 9.63 Å². The van der Waals surface area contributed by atoms with Crippen LogP contribution in [0, 0.1) is 5.41 Å². The van der Waals surface area contributed by atoms with Crippen LogP contribution in [0.1, 0.15) is 32.0 Å². The number of hydrogen-bond acceptors (Lipinski definition) is 5. The number of rotatable bonds is 4. The second kappa shape index (κ2) is 6.41. The zero-order chi connectivity index (χ0) is 15.5. The fourth-order valence-electron chi connectivity index (χ4n) is 2.06. The molecule has 1 unspecified atom stereocenters. The predicted octanol–water partition coefficient (Wildman–Crippen LogP) is 2.49. The van der Waals surface area contributed by atoms with Crippen LogP contribution in [0.4, 0.5) is 0 Å². The van der Waals surface area contributed by atoms with Gasteiger partial charge in [0.2, 0.25) is 5.66 Å². The lowest BCUT2D eigenvalue weighted by Crippen LogP contribution is -2.39. The maximum Gasteiger partial charge on any atom is 0.357 e. The van der Waals surface area contributed by atoms with E-state index in [-0.39, 0.29) is 25.2 Å². The maximum absolute atomic E-state index is 13.0. The van der Waals surface area contributed by atoms with Gasteiger partial charge in [0.25, 0.3) is 7.94 Å². The van der Waals surface area contributed by atoms with E-state index in [0.717, 1.165) is 0 Å². The molecular weight excluding hydrogens is 291 g/mol. The molecule has 6 heteroatoms. The van der Waals surface area contributed by atoms with Crippen molar-refractivity contribution in [2.75, 3.05) is 19.8 Å². The molecule has 0 aliphatic carbocycles. The molecule has 1 atom stereocenters. The van der Waals surface area contributed by atoms with Gasteiger partial charge in [0, 0.05) is 11.0 Å². The van der Waals surface area contributed by atoms with E-state index in [1.54, 1.807) is 31.2 Å². The molecule has 1 aromatic rings. The van der Waals surface area contributed by atoms with Gasteiger partial charge in [0.1, 0.15) is 13.2 Å². The number of hydrogen-bond donors (Lipinski definition) is 0. The van der Waals surface area contributed by atoms with Crippen LogP contribution in [-0.2, 0) is 18.6 Å². The van der Waals surface area contributed by atoms with Crippen molar-refractivity contribution in [2.45, 2.75) is 26.4 Å². The van der Waals surface area contributed by atoms with E-state index >= 15 is 0 Å². The summed E-state index contributed by atoms with van der Waals surface area (Å²) in [5, 5.41) is 0. The van der Waals surface area contributed by atoms with Crippen molar-refractivity contribution in [2.24, 2.45) is 5.41 Å². The molecular formula is C15H21O5P. The van der Waals surface area contributed by atoms with E-state index in [0.29, 0.717) is 5.56 Å². The standard InChI is InChI=1S/C15H21O5P/c1-4-18-14(16)13(12-8-6-5-7-9-12)21(17)19-10-15(2,3)11-20-21/h5-9,13H,4,10-11H2,1-3H3. The van der Waals surface area contributed by atoms with E-state index < -0.39 is 19.6 Å². The zero-order valence-corrected chi connectivity index (χ0v) is 13.5. The summed E-state index contributed by atoms with van der Waals surface area (Å²) < 4.78 is 16.1. The van der Waals surface area contributed by atoms with Gasteiger partial charge in [-0.1, -0.05) is 44.2 Å². The van der Waals surface area contributed by atoms with Crippen molar-refractivity contribution in [3.05, 3.63) is 35.9 Å². The second-order valence-electron chi connectivity index (χ2n) is 5.82. The summed E-state index contributed by atoms with van der Waals surface area (Å²) >= 11 is 0. The topological polar surface area (TPSA) is 67.8 Å². The highest BCUT2D eigenvalue weighted by atomic mass is 31.2. The van der Waals surface area contributed by atoms with Crippen molar-refractivity contribution in [3.8, 4) is 0 Å². The van der Waals surface area contributed by atoms with Gasteiger partial charge in [-0.3, -0.25) is 0 Å². The minimum atomic E-state index is -3.59. The van der Waals surface area contributed by atoms with Gasteiger partial charge in [0.05, 0.1) is 6.61 Å². The number of carbonyl (C=O) groups excluding carboxylic acids is 1. The lowest BCUT2D eigenvalue weighted by Gasteiger charge is -2.40. The fraction of sp³-hybridized carbons (Fsp3) is 0.533. The molecule has 0 saturated carbocycles. The molecule has 21 heavy (non-hydrogen) atoms. The molecule has 0 aromatic heterocycles. The molecule has 0 amide bonds. The Morgan fingerprint density at radius 1 is 1.33 bits per heavy atom. The second-order valence-corrected chi connectivity index (χ2v) is 7.93. The quantitative estimate of drug-likeness (QED) is 0.631. The van der Waals surface area contributed by atoms with Crippen LogP contribution in [0.25, 0.3) is 0 Å². The third-order valence-corrected chi connectivity index (χ3v) is 5.33. The van der Waals surface area contributed by atoms with Crippen molar-refractivity contribution in [1.29, 1.82) is 0 Å². The number of benzene rings is 1. The Kier molecular flexibility index (Phi) is 4.99. The first-order valence-corrected chi connectivity index (χ1v) is 8.59. The van der Waals surface area contributed by atoms with Crippen molar-refractivity contribution in [3.63, 3.8) is 0 Å². The van der Waals surface area contributed by atoms with Crippen molar-refractivity contribution < 1.29 is 23.5 Å². The number of carbonyl (C=O) groups is 1. The lowest BCUT2D eigenvalue weighted by atomic mass is 9.97. The number of ether oxygens (including phenoxy) is 1. The molecule has 116 valence electrons. The van der Waals surface area contributed by atoms with Crippen molar-refractivity contribution in [1.82, 2.24) is 0 Å². The fourth-order valence-corrected chi connectivity index (χ4v) is 4.36. The van der Waals surface area contributed by atoms with Gasteiger partial charge in [-0.05, 0) is 6.92 Å². The predicted molar refractivity (Wildman–Crippen MR) is 78.4 cm³/mol. The van der Waals surface area contributed by atoms with Crippen LogP contribution >= 0.6 is 7.94 Å². The highest BCUT2D eigenvalue weighted by Crippen LogP contribution is 2.67.